The minimum atomic E-state index is -0.399. The lowest BCUT2D eigenvalue weighted by Crippen LogP contribution is -2.36. The van der Waals surface area contributed by atoms with Crippen molar-refractivity contribution in [3.8, 4) is 5.75 Å². The molecule has 2 aromatic carbocycles. The van der Waals surface area contributed by atoms with E-state index in [0.717, 1.165) is 12.0 Å². The lowest BCUT2D eigenvalue weighted by Gasteiger charge is -2.20. The monoisotopic (exact) mass is 426 g/mol. The van der Waals surface area contributed by atoms with Crippen LogP contribution in [0.3, 0.4) is 0 Å². The number of hydrogen-bond acceptors (Lipinski definition) is 5. The zero-order valence-corrected chi connectivity index (χ0v) is 17.8. The van der Waals surface area contributed by atoms with Gasteiger partial charge in [0.05, 0.1) is 18.8 Å². The van der Waals surface area contributed by atoms with Gasteiger partial charge in [0.1, 0.15) is 17.3 Å². The van der Waals surface area contributed by atoms with Gasteiger partial charge in [-0.1, -0.05) is 31.2 Å². The summed E-state index contributed by atoms with van der Waals surface area (Å²) >= 11 is 0. The van der Waals surface area contributed by atoms with E-state index in [0.29, 0.717) is 29.9 Å². The van der Waals surface area contributed by atoms with Crippen molar-refractivity contribution in [2.24, 2.45) is 0 Å². The van der Waals surface area contributed by atoms with Gasteiger partial charge in [-0.3, -0.25) is 14.5 Å². The van der Waals surface area contributed by atoms with Gasteiger partial charge in [-0.15, -0.1) is 0 Å². The molecule has 3 rings (SSSR count). The highest BCUT2D eigenvalue weighted by Crippen LogP contribution is 2.32. The van der Waals surface area contributed by atoms with Crippen LogP contribution in [0.4, 0.5) is 4.39 Å². The van der Waals surface area contributed by atoms with Gasteiger partial charge in [0.15, 0.2) is 0 Å². The summed E-state index contributed by atoms with van der Waals surface area (Å²) in [6.45, 7) is 2.88. The molecular weight excluding hydrogens is 399 g/mol. The highest BCUT2D eigenvalue weighted by Gasteiger charge is 2.40. The normalized spacial score (nSPS) is 13.9. The van der Waals surface area contributed by atoms with Crippen molar-refractivity contribution < 1.29 is 23.8 Å². The standard InChI is InChI=1S/C24H27FN2O4/c1-3-16-31-20-10-6-18(7-11-20)21-22(26(2)14-15-28)24(30)27(23(21)29)13-12-17-4-8-19(25)9-5-17/h4-11,28H,3,12-16H2,1-2H3. The number of aliphatic hydroxyl groups is 1. The van der Waals surface area contributed by atoms with Crippen LogP contribution >= 0.6 is 0 Å². The Bertz CT molecular complexity index is 955. The molecule has 0 aliphatic carbocycles. The van der Waals surface area contributed by atoms with Gasteiger partial charge in [0.25, 0.3) is 11.8 Å². The second-order valence-electron chi connectivity index (χ2n) is 7.38. The Morgan fingerprint density at radius 2 is 1.71 bits per heavy atom. The predicted octanol–water partition coefficient (Wildman–Crippen LogP) is 2.86. The number of carbonyl (C=O) groups is 2. The van der Waals surface area contributed by atoms with Crippen molar-refractivity contribution in [2.75, 3.05) is 33.4 Å². The smallest absolute Gasteiger partial charge is 0.277 e. The number of ether oxygens (including phenoxy) is 1. The molecule has 0 aromatic heterocycles. The summed E-state index contributed by atoms with van der Waals surface area (Å²) in [6, 6.07) is 13.1. The maximum Gasteiger partial charge on any atom is 0.277 e. The average Bonchev–Trinajstić information content (AvgIpc) is 3.02. The summed E-state index contributed by atoms with van der Waals surface area (Å²) < 4.78 is 18.7. The van der Waals surface area contributed by atoms with E-state index in [2.05, 4.69) is 0 Å². The highest BCUT2D eigenvalue weighted by atomic mass is 19.1. The van der Waals surface area contributed by atoms with Gasteiger partial charge in [0, 0.05) is 20.1 Å². The first kappa shape index (κ1) is 22.5. The molecule has 6 nitrogen and oxygen atoms in total. The number of hydrogen-bond donors (Lipinski definition) is 1. The van der Waals surface area contributed by atoms with Gasteiger partial charge in [0.2, 0.25) is 0 Å². The largest absolute Gasteiger partial charge is 0.494 e. The number of rotatable bonds is 10. The number of halogens is 1. The number of imide groups is 1. The molecule has 1 aliphatic rings. The third-order valence-electron chi connectivity index (χ3n) is 5.11. The summed E-state index contributed by atoms with van der Waals surface area (Å²) in [7, 11) is 1.68. The van der Waals surface area contributed by atoms with E-state index in [1.807, 2.05) is 6.92 Å². The lowest BCUT2D eigenvalue weighted by molar-refractivity contribution is -0.137. The Hall–Kier alpha value is -3.19. The first-order valence-corrected chi connectivity index (χ1v) is 10.4. The summed E-state index contributed by atoms with van der Waals surface area (Å²) in [6.07, 6.45) is 1.31. The third kappa shape index (κ3) is 5.11. The van der Waals surface area contributed by atoms with Gasteiger partial charge >= 0.3 is 0 Å². The minimum absolute atomic E-state index is 0.145. The molecule has 0 bridgehead atoms. The molecule has 1 aliphatic heterocycles. The molecule has 7 heteroatoms. The second-order valence-corrected chi connectivity index (χ2v) is 7.38. The van der Waals surface area contributed by atoms with Crippen LogP contribution in [-0.2, 0) is 16.0 Å². The fraction of sp³-hybridized carbons (Fsp3) is 0.333. The number of carbonyl (C=O) groups excluding carboxylic acids is 2. The maximum atomic E-state index is 13.2. The van der Waals surface area contributed by atoms with E-state index in [1.54, 1.807) is 48.3 Å². The molecule has 164 valence electrons. The van der Waals surface area contributed by atoms with Crippen molar-refractivity contribution in [3.05, 3.63) is 71.2 Å². The van der Waals surface area contributed by atoms with Crippen molar-refractivity contribution in [2.45, 2.75) is 19.8 Å². The minimum Gasteiger partial charge on any atom is -0.494 e. The third-order valence-corrected chi connectivity index (χ3v) is 5.11. The van der Waals surface area contributed by atoms with Gasteiger partial charge in [-0.25, -0.2) is 4.39 Å². The average molecular weight is 426 g/mol. The lowest BCUT2D eigenvalue weighted by atomic mass is 10.0. The Balaban J connectivity index is 1.86. The molecule has 0 spiro atoms. The van der Waals surface area contributed by atoms with Crippen LogP contribution in [0.1, 0.15) is 24.5 Å². The number of benzene rings is 2. The van der Waals surface area contributed by atoms with Crippen LogP contribution in [0.5, 0.6) is 5.75 Å². The van der Waals surface area contributed by atoms with Crippen molar-refractivity contribution in [3.63, 3.8) is 0 Å². The number of likely N-dealkylation sites (N-methyl/N-ethyl adjacent to an activating group) is 1. The maximum absolute atomic E-state index is 13.2. The quantitative estimate of drug-likeness (QED) is 0.592. The highest BCUT2D eigenvalue weighted by molar-refractivity contribution is 6.35. The van der Waals surface area contributed by atoms with Crippen molar-refractivity contribution in [1.29, 1.82) is 0 Å². The Morgan fingerprint density at radius 3 is 2.32 bits per heavy atom. The van der Waals surface area contributed by atoms with E-state index in [9.17, 15) is 19.1 Å². The Morgan fingerprint density at radius 1 is 1.03 bits per heavy atom. The van der Waals surface area contributed by atoms with Gasteiger partial charge in [-0.05, 0) is 48.2 Å². The first-order chi connectivity index (χ1) is 15.0. The number of nitrogens with zero attached hydrogens (tertiary/aromatic N) is 2. The van der Waals surface area contributed by atoms with E-state index in [-0.39, 0.29) is 37.1 Å². The summed E-state index contributed by atoms with van der Waals surface area (Å²) in [4.78, 5) is 29.2. The van der Waals surface area contributed by atoms with Crippen LogP contribution in [0.15, 0.2) is 54.2 Å². The van der Waals surface area contributed by atoms with Crippen LogP contribution in [0.25, 0.3) is 5.57 Å². The van der Waals surface area contributed by atoms with Crippen LogP contribution in [-0.4, -0.2) is 60.1 Å². The second kappa shape index (κ2) is 10.2. The summed E-state index contributed by atoms with van der Waals surface area (Å²) in [5.41, 5.74) is 2.02. The first-order valence-electron chi connectivity index (χ1n) is 10.4. The van der Waals surface area contributed by atoms with Crippen molar-refractivity contribution >= 4 is 17.4 Å². The van der Waals surface area contributed by atoms with E-state index in [4.69, 9.17) is 4.74 Å². The van der Waals surface area contributed by atoms with Crippen molar-refractivity contribution in [1.82, 2.24) is 9.80 Å². The van der Waals surface area contributed by atoms with E-state index < -0.39 is 5.91 Å². The molecule has 31 heavy (non-hydrogen) atoms. The molecule has 2 amide bonds. The zero-order chi connectivity index (χ0) is 22.4. The molecule has 0 unspecified atom stereocenters. The van der Waals surface area contributed by atoms with Crippen LogP contribution < -0.4 is 4.74 Å². The van der Waals surface area contributed by atoms with Gasteiger partial charge in [-0.2, -0.15) is 0 Å². The molecule has 1 heterocycles. The van der Waals surface area contributed by atoms with Crippen LogP contribution in [0.2, 0.25) is 0 Å². The summed E-state index contributed by atoms with van der Waals surface area (Å²) in [5.74, 6) is -0.416. The molecule has 0 atom stereocenters. The predicted molar refractivity (Wildman–Crippen MR) is 116 cm³/mol. The zero-order valence-electron chi connectivity index (χ0n) is 17.8. The molecule has 0 radical (unpaired) electrons. The van der Waals surface area contributed by atoms with E-state index >= 15 is 0 Å². The molecule has 0 fully saturated rings. The fourth-order valence-electron chi connectivity index (χ4n) is 3.47. The molecule has 0 saturated heterocycles. The summed E-state index contributed by atoms with van der Waals surface area (Å²) in [5, 5.41) is 9.34. The number of aliphatic hydroxyl groups excluding tert-OH is 1. The Kier molecular flexibility index (Phi) is 7.41. The number of amides is 2. The topological polar surface area (TPSA) is 70.1 Å². The molecule has 0 saturated carbocycles. The SMILES string of the molecule is CCCOc1ccc(C2=C(N(C)CCO)C(=O)N(CCc3ccc(F)cc3)C2=O)cc1. The molecular formula is C24H27FN2O4. The molecule has 1 N–H and O–H groups in total. The Labute approximate surface area is 181 Å². The molecule has 2 aromatic rings. The fourth-order valence-corrected chi connectivity index (χ4v) is 3.47. The van der Waals surface area contributed by atoms with Crippen LogP contribution in [0, 0.1) is 5.82 Å². The van der Waals surface area contributed by atoms with E-state index in [1.165, 1.54) is 17.0 Å². The van der Waals surface area contributed by atoms with Gasteiger partial charge < -0.3 is 14.7 Å².